The van der Waals surface area contributed by atoms with Gasteiger partial charge in [0.25, 0.3) is 0 Å². The van der Waals surface area contributed by atoms with Crippen molar-refractivity contribution in [2.75, 3.05) is 0 Å². The SMILES string of the molecule is Cc1c(-c2ccccc2)oc2c(C(=O)O[C@@H]3CCCCC3=O)cccc2c1=O. The fourth-order valence-corrected chi connectivity index (χ4v) is 3.60. The summed E-state index contributed by atoms with van der Waals surface area (Å²) in [5, 5.41) is 0.321. The zero-order valence-electron chi connectivity index (χ0n) is 15.6. The van der Waals surface area contributed by atoms with Crippen molar-refractivity contribution in [3.63, 3.8) is 0 Å². The maximum atomic E-state index is 12.9. The van der Waals surface area contributed by atoms with E-state index in [9.17, 15) is 14.4 Å². The molecule has 0 saturated heterocycles. The van der Waals surface area contributed by atoms with Gasteiger partial charge in [0.15, 0.2) is 22.9 Å². The predicted molar refractivity (Wildman–Crippen MR) is 105 cm³/mol. The van der Waals surface area contributed by atoms with Crippen molar-refractivity contribution in [2.24, 2.45) is 0 Å². The van der Waals surface area contributed by atoms with Crippen LogP contribution in [0.2, 0.25) is 0 Å². The molecule has 3 aromatic rings. The molecule has 4 rings (SSSR count). The lowest BCUT2D eigenvalue weighted by molar-refractivity contribution is -0.129. The average molecular weight is 376 g/mol. The number of hydrogen-bond acceptors (Lipinski definition) is 5. The van der Waals surface area contributed by atoms with E-state index < -0.39 is 12.1 Å². The number of benzene rings is 2. The van der Waals surface area contributed by atoms with Crippen LogP contribution in [0.1, 0.15) is 41.6 Å². The number of para-hydroxylation sites is 1. The molecule has 1 saturated carbocycles. The van der Waals surface area contributed by atoms with Crippen molar-refractivity contribution in [1.29, 1.82) is 0 Å². The second-order valence-electron chi connectivity index (χ2n) is 7.04. The molecule has 0 N–H and O–H groups in total. The van der Waals surface area contributed by atoms with Gasteiger partial charge >= 0.3 is 5.97 Å². The minimum absolute atomic E-state index is 0.0536. The van der Waals surface area contributed by atoms with Crippen molar-refractivity contribution in [1.82, 2.24) is 0 Å². The summed E-state index contributed by atoms with van der Waals surface area (Å²) in [6, 6.07) is 14.1. The van der Waals surface area contributed by atoms with Crippen molar-refractivity contribution < 1.29 is 18.7 Å². The second kappa shape index (κ2) is 7.43. The molecule has 28 heavy (non-hydrogen) atoms. The molecule has 0 radical (unpaired) electrons. The second-order valence-corrected chi connectivity index (χ2v) is 7.04. The first kappa shape index (κ1) is 18.2. The third-order valence-electron chi connectivity index (χ3n) is 5.15. The Hall–Kier alpha value is -3.21. The van der Waals surface area contributed by atoms with Gasteiger partial charge in [-0.2, -0.15) is 0 Å². The normalized spacial score (nSPS) is 16.9. The van der Waals surface area contributed by atoms with Gasteiger partial charge in [-0.3, -0.25) is 9.59 Å². The summed E-state index contributed by atoms with van der Waals surface area (Å²) in [6.07, 6.45) is 1.93. The number of ether oxygens (including phenoxy) is 1. The minimum atomic E-state index is -0.720. The van der Waals surface area contributed by atoms with Crippen LogP contribution in [0.4, 0.5) is 0 Å². The predicted octanol–water partition coefficient (Wildman–Crippen LogP) is 4.44. The molecular weight excluding hydrogens is 356 g/mol. The highest BCUT2D eigenvalue weighted by atomic mass is 16.5. The van der Waals surface area contributed by atoms with Crippen LogP contribution in [0.25, 0.3) is 22.3 Å². The Kier molecular flexibility index (Phi) is 4.82. The van der Waals surface area contributed by atoms with Crippen LogP contribution < -0.4 is 5.43 Å². The van der Waals surface area contributed by atoms with Gasteiger partial charge < -0.3 is 9.15 Å². The molecule has 0 spiro atoms. The van der Waals surface area contributed by atoms with Gasteiger partial charge in [0.1, 0.15) is 11.3 Å². The van der Waals surface area contributed by atoms with E-state index in [1.165, 1.54) is 0 Å². The third kappa shape index (κ3) is 3.24. The molecule has 5 heteroatoms. The van der Waals surface area contributed by atoms with Gasteiger partial charge in [0.2, 0.25) is 0 Å². The summed E-state index contributed by atoms with van der Waals surface area (Å²) >= 11 is 0. The van der Waals surface area contributed by atoms with E-state index >= 15 is 0 Å². The summed E-state index contributed by atoms with van der Waals surface area (Å²) in [5.74, 6) is -0.272. The molecule has 5 nitrogen and oxygen atoms in total. The number of fused-ring (bicyclic) bond motifs is 1. The zero-order chi connectivity index (χ0) is 19.7. The number of carbonyl (C=O) groups is 2. The third-order valence-corrected chi connectivity index (χ3v) is 5.15. The summed E-state index contributed by atoms with van der Waals surface area (Å²) < 4.78 is 11.5. The Morgan fingerprint density at radius 2 is 1.82 bits per heavy atom. The van der Waals surface area contributed by atoms with Gasteiger partial charge in [-0.1, -0.05) is 36.4 Å². The van der Waals surface area contributed by atoms with E-state index in [2.05, 4.69) is 0 Å². The Morgan fingerprint density at radius 3 is 2.57 bits per heavy atom. The molecule has 1 fully saturated rings. The highest BCUT2D eigenvalue weighted by Crippen LogP contribution is 2.28. The Bertz CT molecular complexity index is 1110. The first-order valence-corrected chi connectivity index (χ1v) is 9.42. The zero-order valence-corrected chi connectivity index (χ0v) is 15.6. The van der Waals surface area contributed by atoms with E-state index in [4.69, 9.17) is 9.15 Å². The van der Waals surface area contributed by atoms with Gasteiger partial charge in [-0.25, -0.2) is 4.79 Å². The molecule has 2 aromatic carbocycles. The molecule has 142 valence electrons. The number of rotatable bonds is 3. The van der Waals surface area contributed by atoms with Crippen molar-refractivity contribution in [3.05, 3.63) is 69.9 Å². The van der Waals surface area contributed by atoms with E-state index in [0.29, 0.717) is 29.6 Å². The summed E-state index contributed by atoms with van der Waals surface area (Å²) in [4.78, 5) is 37.7. The molecular formula is C23H20O5. The number of esters is 1. The fraction of sp³-hybridized carbons (Fsp3) is 0.261. The molecule has 1 aliphatic rings. The highest BCUT2D eigenvalue weighted by molar-refractivity contribution is 6.03. The van der Waals surface area contributed by atoms with Gasteiger partial charge in [0.05, 0.1) is 5.39 Å². The summed E-state index contributed by atoms with van der Waals surface area (Å²) in [7, 11) is 0. The molecule has 0 bridgehead atoms. The van der Waals surface area contributed by atoms with Crippen LogP contribution in [0.5, 0.6) is 0 Å². The molecule has 1 atom stereocenters. The molecule has 1 heterocycles. The quantitative estimate of drug-likeness (QED) is 0.632. The van der Waals surface area contributed by atoms with Crippen molar-refractivity contribution >= 4 is 22.7 Å². The lowest BCUT2D eigenvalue weighted by Gasteiger charge is -2.20. The van der Waals surface area contributed by atoms with Crippen LogP contribution in [0, 0.1) is 6.92 Å². The largest absolute Gasteiger partial charge is 0.455 e. The first-order valence-electron chi connectivity index (χ1n) is 9.42. The van der Waals surface area contributed by atoms with Gasteiger partial charge in [-0.15, -0.1) is 0 Å². The van der Waals surface area contributed by atoms with E-state index in [1.54, 1.807) is 25.1 Å². The summed E-state index contributed by atoms with van der Waals surface area (Å²) in [6.45, 7) is 1.71. The van der Waals surface area contributed by atoms with Crippen LogP contribution in [0.15, 0.2) is 57.7 Å². The number of Topliss-reactive ketones (excluding diaryl/α,β-unsaturated/α-hetero) is 1. The standard InChI is InChI=1S/C23H20O5/c1-14-20(25)16-10-7-11-17(23(26)27-19-13-6-5-12-18(19)24)22(16)28-21(14)15-8-3-2-4-9-15/h2-4,7-11,19H,5-6,12-13H2,1H3/t19-/m1/s1. The Morgan fingerprint density at radius 1 is 1.04 bits per heavy atom. The van der Waals surface area contributed by atoms with E-state index in [0.717, 1.165) is 18.4 Å². The lowest BCUT2D eigenvalue weighted by Crippen LogP contribution is -2.30. The van der Waals surface area contributed by atoms with Gasteiger partial charge in [0, 0.05) is 17.5 Å². The Labute approximate surface area is 161 Å². The summed E-state index contributed by atoms with van der Waals surface area (Å²) in [5.41, 5.74) is 1.38. The molecule has 1 aliphatic carbocycles. The molecule has 0 unspecified atom stereocenters. The molecule has 1 aromatic heterocycles. The molecule has 0 amide bonds. The number of hydrogen-bond donors (Lipinski definition) is 0. The lowest BCUT2D eigenvalue weighted by atomic mass is 9.96. The fourth-order valence-electron chi connectivity index (χ4n) is 3.60. The topological polar surface area (TPSA) is 73.6 Å². The van der Waals surface area contributed by atoms with Crippen LogP contribution >= 0.6 is 0 Å². The number of carbonyl (C=O) groups excluding carboxylic acids is 2. The van der Waals surface area contributed by atoms with Crippen molar-refractivity contribution in [3.8, 4) is 11.3 Å². The van der Waals surface area contributed by atoms with Crippen LogP contribution in [0.3, 0.4) is 0 Å². The van der Waals surface area contributed by atoms with E-state index in [-0.39, 0.29) is 22.4 Å². The first-order chi connectivity index (χ1) is 13.6. The number of ketones is 1. The maximum Gasteiger partial charge on any atom is 0.342 e. The molecule has 0 aliphatic heterocycles. The highest BCUT2D eigenvalue weighted by Gasteiger charge is 2.28. The maximum absolute atomic E-state index is 12.9. The van der Waals surface area contributed by atoms with Gasteiger partial charge in [-0.05, 0) is 38.3 Å². The van der Waals surface area contributed by atoms with Crippen molar-refractivity contribution in [2.45, 2.75) is 38.7 Å². The van der Waals surface area contributed by atoms with E-state index in [1.807, 2.05) is 30.3 Å². The Balaban J connectivity index is 1.81. The average Bonchev–Trinajstić information content (AvgIpc) is 2.72. The van der Waals surface area contributed by atoms with Crippen LogP contribution in [-0.4, -0.2) is 17.9 Å². The monoisotopic (exact) mass is 376 g/mol. The smallest absolute Gasteiger partial charge is 0.342 e. The minimum Gasteiger partial charge on any atom is -0.455 e. The van der Waals surface area contributed by atoms with Crippen LogP contribution in [-0.2, 0) is 9.53 Å².